The number of benzene rings is 3. The van der Waals surface area contributed by atoms with Crippen LogP contribution in [0.2, 0.25) is 0 Å². The van der Waals surface area contributed by atoms with Crippen LogP contribution in [0.15, 0.2) is 54.6 Å². The highest BCUT2D eigenvalue weighted by Crippen LogP contribution is 2.30. The summed E-state index contributed by atoms with van der Waals surface area (Å²) in [5, 5.41) is 20.4. The molecule has 0 radical (unpaired) electrons. The minimum Gasteiger partial charge on any atom is -0.508 e. The number of ether oxygens (including phenoxy) is 1. The summed E-state index contributed by atoms with van der Waals surface area (Å²) in [4.78, 5) is 15.6. The van der Waals surface area contributed by atoms with Crippen molar-refractivity contribution in [3.8, 4) is 11.8 Å². The molecule has 0 bridgehead atoms. The second-order valence-electron chi connectivity index (χ2n) is 9.34. The summed E-state index contributed by atoms with van der Waals surface area (Å²) in [7, 11) is 0. The lowest BCUT2D eigenvalue weighted by molar-refractivity contribution is 0.00525. The number of amides is 1. The molecule has 0 spiro atoms. The summed E-state index contributed by atoms with van der Waals surface area (Å²) < 4.78 is 6.13. The fourth-order valence-electron chi connectivity index (χ4n) is 4.55. The molecule has 0 aromatic heterocycles. The largest absolute Gasteiger partial charge is 0.508 e. The van der Waals surface area contributed by atoms with Crippen molar-refractivity contribution in [2.75, 3.05) is 13.1 Å². The monoisotopic (exact) mass is 502 g/mol. The van der Waals surface area contributed by atoms with Crippen molar-refractivity contribution in [2.45, 2.75) is 73.5 Å². The lowest BCUT2D eigenvalue weighted by Gasteiger charge is -2.33. The number of nitriles is 1. The number of carbonyl (C=O) groups is 1. The van der Waals surface area contributed by atoms with Gasteiger partial charge in [-0.2, -0.15) is 5.26 Å². The fourth-order valence-corrected chi connectivity index (χ4v) is 4.55. The second-order valence-corrected chi connectivity index (χ2v) is 9.34. The van der Waals surface area contributed by atoms with Crippen LogP contribution < -0.4 is 0 Å². The van der Waals surface area contributed by atoms with Gasteiger partial charge in [-0.15, -0.1) is 0 Å². The van der Waals surface area contributed by atoms with Gasteiger partial charge in [0, 0.05) is 18.7 Å². The van der Waals surface area contributed by atoms with Crippen LogP contribution in [0.5, 0.6) is 5.75 Å². The molecule has 0 fully saturated rings. The molecule has 3 aromatic rings. The minimum atomic E-state index is -0.00561. The van der Waals surface area contributed by atoms with E-state index in [0.29, 0.717) is 35.9 Å². The topological polar surface area (TPSA) is 73.6 Å². The lowest BCUT2D eigenvalue weighted by atomic mass is 9.92. The Hall–Kier alpha value is -3.36. The zero-order chi connectivity index (χ0) is 27.4. The number of nitrogens with zero attached hydrogens (tertiary/aromatic N) is 2. The zero-order valence-corrected chi connectivity index (χ0v) is 23.3. The van der Waals surface area contributed by atoms with Gasteiger partial charge in [-0.05, 0) is 54.2 Å². The van der Waals surface area contributed by atoms with Crippen molar-refractivity contribution in [2.24, 2.45) is 5.92 Å². The summed E-state index contributed by atoms with van der Waals surface area (Å²) in [6, 6.07) is 19.2. The fraction of sp³-hybridized carbons (Fsp3) is 0.438. The number of hydrogen-bond acceptors (Lipinski definition) is 4. The van der Waals surface area contributed by atoms with Gasteiger partial charge in [-0.3, -0.25) is 4.79 Å². The smallest absolute Gasteiger partial charge is 0.254 e. The van der Waals surface area contributed by atoms with Crippen molar-refractivity contribution in [1.29, 1.82) is 5.26 Å². The summed E-state index contributed by atoms with van der Waals surface area (Å²) in [6.45, 7) is 14.0. The molecular weight excluding hydrogens is 460 g/mol. The molecule has 198 valence electrons. The quantitative estimate of drug-likeness (QED) is 0.389. The predicted molar refractivity (Wildman–Crippen MR) is 152 cm³/mol. The Labute approximate surface area is 222 Å². The molecule has 37 heavy (non-hydrogen) atoms. The summed E-state index contributed by atoms with van der Waals surface area (Å²) >= 11 is 0. The first-order chi connectivity index (χ1) is 17.9. The molecule has 3 aromatic carbocycles. The number of rotatable bonds is 5. The maximum Gasteiger partial charge on any atom is 0.254 e. The Morgan fingerprint density at radius 2 is 1.81 bits per heavy atom. The van der Waals surface area contributed by atoms with E-state index >= 15 is 0 Å². The maximum absolute atomic E-state index is 13.6. The van der Waals surface area contributed by atoms with Crippen molar-refractivity contribution < 1.29 is 14.6 Å². The highest BCUT2D eigenvalue weighted by Gasteiger charge is 2.29. The van der Waals surface area contributed by atoms with E-state index in [2.05, 4.69) is 26.8 Å². The number of carbonyl (C=O) groups excluding carboxylic acids is 1. The Kier molecular flexibility index (Phi) is 12.1. The number of fused-ring (bicyclic) bond motifs is 3. The highest BCUT2D eigenvalue weighted by molar-refractivity contribution is 6.09. The maximum atomic E-state index is 13.6. The Morgan fingerprint density at radius 3 is 2.41 bits per heavy atom. The Bertz CT molecular complexity index is 1180. The van der Waals surface area contributed by atoms with Crippen LogP contribution in [0.3, 0.4) is 0 Å². The van der Waals surface area contributed by atoms with E-state index in [1.165, 1.54) is 0 Å². The number of hydrogen-bond donors (Lipinski definition) is 1. The lowest BCUT2D eigenvalue weighted by Crippen LogP contribution is -2.43. The third kappa shape index (κ3) is 7.81. The van der Waals surface area contributed by atoms with E-state index in [1.54, 1.807) is 6.07 Å². The first-order valence-corrected chi connectivity index (χ1v) is 13.5. The normalized spacial score (nSPS) is 15.6. The molecule has 1 heterocycles. The molecule has 0 aliphatic carbocycles. The van der Waals surface area contributed by atoms with Crippen molar-refractivity contribution in [3.05, 3.63) is 76.9 Å². The molecule has 1 aliphatic heterocycles. The molecule has 1 N–H and O–H groups in total. The zero-order valence-electron chi connectivity index (χ0n) is 23.3. The van der Waals surface area contributed by atoms with Gasteiger partial charge in [0.1, 0.15) is 5.75 Å². The minimum absolute atomic E-state index is 0.00561. The Morgan fingerprint density at radius 1 is 1.14 bits per heavy atom. The van der Waals surface area contributed by atoms with Crippen LogP contribution in [0.25, 0.3) is 10.8 Å². The molecule has 5 heteroatoms. The number of phenols is 1. The van der Waals surface area contributed by atoms with Gasteiger partial charge >= 0.3 is 0 Å². The van der Waals surface area contributed by atoms with Crippen LogP contribution in [-0.2, 0) is 11.3 Å². The molecule has 0 saturated carbocycles. The third-order valence-electron chi connectivity index (χ3n) is 6.55. The third-order valence-corrected chi connectivity index (χ3v) is 6.55. The van der Waals surface area contributed by atoms with E-state index < -0.39 is 0 Å². The van der Waals surface area contributed by atoms with Crippen molar-refractivity contribution in [3.63, 3.8) is 0 Å². The molecule has 1 amide bonds. The molecule has 4 rings (SSSR count). The standard InChI is InChI=1S/C23H28N2O2.C7H8O.C2H6/c1-4-8-16(3)13-25-14-19(5-2)27-15-21-18(12-24)11-17-9-6-7-10-20(17)22(21)23(25)26;1-6-4-2-3-5-7(6)8;1-2/h6-7,9-11,16,19H,4-5,8,13-15H2,1-3H3;2-5,8H,1H3;1-2H3. The van der Waals surface area contributed by atoms with E-state index in [0.717, 1.165) is 47.7 Å². The van der Waals surface area contributed by atoms with Gasteiger partial charge in [0.15, 0.2) is 0 Å². The van der Waals surface area contributed by atoms with Gasteiger partial charge < -0.3 is 14.7 Å². The van der Waals surface area contributed by atoms with E-state index in [1.807, 2.05) is 74.2 Å². The van der Waals surface area contributed by atoms with Crippen LogP contribution >= 0.6 is 0 Å². The van der Waals surface area contributed by atoms with Crippen LogP contribution in [0.4, 0.5) is 0 Å². The first-order valence-electron chi connectivity index (χ1n) is 13.5. The van der Waals surface area contributed by atoms with Gasteiger partial charge in [-0.25, -0.2) is 0 Å². The molecule has 2 atom stereocenters. The average Bonchev–Trinajstić information content (AvgIpc) is 2.91. The first kappa shape index (κ1) is 29.9. The number of aryl methyl sites for hydroxylation is 1. The number of aromatic hydroxyl groups is 1. The van der Waals surface area contributed by atoms with Gasteiger partial charge in [-0.1, -0.05) is 83.5 Å². The van der Waals surface area contributed by atoms with E-state index in [9.17, 15) is 10.1 Å². The molecule has 2 unspecified atom stereocenters. The number of phenolic OH excluding ortho intramolecular Hbond substituents is 1. The van der Waals surface area contributed by atoms with Crippen LogP contribution in [0, 0.1) is 24.2 Å². The van der Waals surface area contributed by atoms with Gasteiger partial charge in [0.25, 0.3) is 5.91 Å². The van der Waals surface area contributed by atoms with Gasteiger partial charge in [0.2, 0.25) is 0 Å². The predicted octanol–water partition coefficient (Wildman–Crippen LogP) is 7.63. The molecule has 1 aliphatic rings. The van der Waals surface area contributed by atoms with Crippen LogP contribution in [-0.4, -0.2) is 35.1 Å². The molecular formula is C32H42N2O3. The van der Waals surface area contributed by atoms with Crippen molar-refractivity contribution >= 4 is 16.7 Å². The summed E-state index contributed by atoms with van der Waals surface area (Å²) in [5.41, 5.74) is 2.83. The number of para-hydroxylation sites is 1. The Balaban J connectivity index is 0.000000406. The SMILES string of the molecule is CC.CCCC(C)CN1CC(CC)OCc2c(C#N)cc3ccccc3c2C1=O.Cc1ccccc1O. The second kappa shape index (κ2) is 15.0. The summed E-state index contributed by atoms with van der Waals surface area (Å²) in [6.07, 6.45) is 3.04. The summed E-state index contributed by atoms with van der Waals surface area (Å²) in [5.74, 6) is 0.834. The van der Waals surface area contributed by atoms with Crippen molar-refractivity contribution in [1.82, 2.24) is 4.90 Å². The average molecular weight is 503 g/mol. The van der Waals surface area contributed by atoms with Crippen LogP contribution in [0.1, 0.15) is 80.9 Å². The molecule has 5 nitrogen and oxygen atoms in total. The highest BCUT2D eigenvalue weighted by atomic mass is 16.5. The molecule has 0 saturated heterocycles. The van der Waals surface area contributed by atoms with E-state index in [-0.39, 0.29) is 12.0 Å². The van der Waals surface area contributed by atoms with E-state index in [4.69, 9.17) is 9.84 Å². The van der Waals surface area contributed by atoms with Gasteiger partial charge in [0.05, 0.1) is 29.9 Å².